The van der Waals surface area contributed by atoms with Gasteiger partial charge >= 0.3 is 5.97 Å². The van der Waals surface area contributed by atoms with Crippen molar-refractivity contribution in [3.05, 3.63) is 28.7 Å². The van der Waals surface area contributed by atoms with Crippen molar-refractivity contribution in [2.75, 3.05) is 37.7 Å². The van der Waals surface area contributed by atoms with Gasteiger partial charge in [-0.3, -0.25) is 4.79 Å². The Labute approximate surface area is 127 Å². The van der Waals surface area contributed by atoms with Gasteiger partial charge in [0.05, 0.1) is 19.6 Å². The summed E-state index contributed by atoms with van der Waals surface area (Å²) in [4.78, 5) is 12.7. The fraction of sp³-hybridized carbons (Fsp3) is 0.500. The average Bonchev–Trinajstić information content (AvgIpc) is 2.44. The number of nitrogens with zero attached hydrogens (tertiary/aromatic N) is 1. The maximum absolute atomic E-state index is 10.4. The molecule has 20 heavy (non-hydrogen) atoms. The lowest BCUT2D eigenvalue weighted by molar-refractivity contribution is -0.138. The number of carboxylic acids is 1. The van der Waals surface area contributed by atoms with Crippen LogP contribution in [0.25, 0.3) is 0 Å². The van der Waals surface area contributed by atoms with E-state index < -0.39 is 5.97 Å². The topological polar surface area (TPSA) is 61.8 Å². The molecule has 1 heterocycles. The zero-order valence-corrected chi connectivity index (χ0v) is 12.8. The molecule has 1 aromatic carbocycles. The van der Waals surface area contributed by atoms with E-state index in [-0.39, 0.29) is 19.1 Å². The van der Waals surface area contributed by atoms with Crippen LogP contribution < -0.4 is 10.2 Å². The van der Waals surface area contributed by atoms with Crippen LogP contribution in [-0.4, -0.2) is 50.0 Å². The molecule has 2 rings (SSSR count). The number of hydrogen-bond acceptors (Lipinski definition) is 4. The molecular formula is C14H19BrN2O3. The van der Waals surface area contributed by atoms with Crippen LogP contribution >= 0.6 is 15.9 Å². The molecule has 1 aromatic rings. The standard InChI is InChI=1S/C14H19BrN2O3/c15-11-1-3-13(4-2-11)17-7-6-16-12(9-17)10-20-8-5-14(18)19/h1-4,12,16H,5-10H2,(H,18,19)/t12-/m1/s1. The van der Waals surface area contributed by atoms with Crippen LogP contribution in [0.3, 0.4) is 0 Å². The summed E-state index contributed by atoms with van der Waals surface area (Å²) in [5.74, 6) is -0.821. The first-order valence-electron chi connectivity index (χ1n) is 6.68. The van der Waals surface area contributed by atoms with Gasteiger partial charge in [0.1, 0.15) is 0 Å². The number of ether oxygens (including phenoxy) is 1. The first-order chi connectivity index (χ1) is 9.65. The lowest BCUT2D eigenvalue weighted by Crippen LogP contribution is -2.52. The van der Waals surface area contributed by atoms with Crippen molar-refractivity contribution < 1.29 is 14.6 Å². The third-order valence-electron chi connectivity index (χ3n) is 3.23. The van der Waals surface area contributed by atoms with Crippen molar-refractivity contribution >= 4 is 27.6 Å². The number of nitrogens with one attached hydrogen (secondary N) is 1. The van der Waals surface area contributed by atoms with E-state index in [2.05, 4.69) is 38.3 Å². The molecule has 0 saturated carbocycles. The lowest BCUT2D eigenvalue weighted by Gasteiger charge is -2.35. The summed E-state index contributed by atoms with van der Waals surface area (Å²) in [5, 5.41) is 12.0. The Hall–Kier alpha value is -1.11. The van der Waals surface area contributed by atoms with E-state index in [1.165, 1.54) is 5.69 Å². The minimum absolute atomic E-state index is 0.0587. The monoisotopic (exact) mass is 342 g/mol. The first kappa shape index (κ1) is 15.3. The molecule has 0 spiro atoms. The molecule has 0 amide bonds. The Morgan fingerprint density at radius 3 is 2.90 bits per heavy atom. The molecule has 1 aliphatic heterocycles. The van der Waals surface area contributed by atoms with E-state index in [1.54, 1.807) is 0 Å². The Morgan fingerprint density at radius 1 is 1.45 bits per heavy atom. The second-order valence-electron chi connectivity index (χ2n) is 4.79. The third kappa shape index (κ3) is 4.77. The first-order valence-corrected chi connectivity index (χ1v) is 7.48. The van der Waals surface area contributed by atoms with Gasteiger partial charge in [-0.25, -0.2) is 0 Å². The highest BCUT2D eigenvalue weighted by Gasteiger charge is 2.19. The highest BCUT2D eigenvalue weighted by Crippen LogP contribution is 2.19. The van der Waals surface area contributed by atoms with Gasteiger partial charge in [-0.15, -0.1) is 0 Å². The second kappa shape index (κ2) is 7.61. The summed E-state index contributed by atoms with van der Waals surface area (Å²) >= 11 is 3.44. The fourth-order valence-electron chi connectivity index (χ4n) is 2.21. The molecule has 0 unspecified atom stereocenters. The summed E-state index contributed by atoms with van der Waals surface area (Å²) in [6, 6.07) is 8.50. The SMILES string of the molecule is O=C(O)CCOC[C@H]1CN(c2ccc(Br)cc2)CCN1. The predicted octanol–water partition coefficient (Wildman–Crippen LogP) is 1.72. The Balaban J connectivity index is 1.79. The molecule has 6 heteroatoms. The number of rotatable bonds is 6. The Morgan fingerprint density at radius 2 is 2.20 bits per heavy atom. The van der Waals surface area contributed by atoms with Crippen LogP contribution in [0.5, 0.6) is 0 Å². The minimum atomic E-state index is -0.821. The molecule has 5 nitrogen and oxygen atoms in total. The molecule has 2 N–H and O–H groups in total. The quantitative estimate of drug-likeness (QED) is 0.771. The number of halogens is 1. The van der Waals surface area contributed by atoms with Gasteiger partial charge in [0.2, 0.25) is 0 Å². The normalized spacial score (nSPS) is 19.1. The third-order valence-corrected chi connectivity index (χ3v) is 3.76. The van der Waals surface area contributed by atoms with E-state index in [4.69, 9.17) is 9.84 Å². The minimum Gasteiger partial charge on any atom is -0.481 e. The molecule has 1 aliphatic rings. The smallest absolute Gasteiger partial charge is 0.305 e. The largest absolute Gasteiger partial charge is 0.481 e. The number of piperazine rings is 1. The molecule has 0 aliphatic carbocycles. The van der Waals surface area contributed by atoms with Crippen LogP contribution in [-0.2, 0) is 9.53 Å². The van der Waals surface area contributed by atoms with Crippen LogP contribution in [0.4, 0.5) is 5.69 Å². The molecule has 1 atom stereocenters. The zero-order chi connectivity index (χ0) is 14.4. The number of hydrogen-bond donors (Lipinski definition) is 2. The van der Waals surface area contributed by atoms with Crippen molar-refractivity contribution in [3.8, 4) is 0 Å². The molecular weight excluding hydrogens is 324 g/mol. The maximum atomic E-state index is 10.4. The van der Waals surface area contributed by atoms with Crippen LogP contribution in [0, 0.1) is 0 Å². The highest BCUT2D eigenvalue weighted by molar-refractivity contribution is 9.10. The average molecular weight is 343 g/mol. The molecule has 0 radical (unpaired) electrons. The number of benzene rings is 1. The zero-order valence-electron chi connectivity index (χ0n) is 11.2. The summed E-state index contributed by atoms with van der Waals surface area (Å²) in [7, 11) is 0. The summed E-state index contributed by atoms with van der Waals surface area (Å²) < 4.78 is 6.48. The number of aliphatic carboxylic acids is 1. The number of carboxylic acid groups (broad SMARTS) is 1. The predicted molar refractivity (Wildman–Crippen MR) is 81.2 cm³/mol. The van der Waals surface area contributed by atoms with Crippen LogP contribution in [0.2, 0.25) is 0 Å². The van der Waals surface area contributed by atoms with Gasteiger partial charge in [0.25, 0.3) is 0 Å². The summed E-state index contributed by atoms with van der Waals surface area (Å²) in [6.07, 6.45) is 0.0587. The van der Waals surface area contributed by atoms with E-state index >= 15 is 0 Å². The van der Waals surface area contributed by atoms with Crippen molar-refractivity contribution in [1.29, 1.82) is 0 Å². The molecule has 1 fully saturated rings. The van der Waals surface area contributed by atoms with Gasteiger partial charge in [-0.1, -0.05) is 15.9 Å². The van der Waals surface area contributed by atoms with Gasteiger partial charge in [0.15, 0.2) is 0 Å². The Bertz CT molecular complexity index is 439. The van der Waals surface area contributed by atoms with E-state index in [1.807, 2.05) is 12.1 Å². The molecule has 0 bridgehead atoms. The van der Waals surface area contributed by atoms with Crippen molar-refractivity contribution in [2.45, 2.75) is 12.5 Å². The van der Waals surface area contributed by atoms with Gasteiger partial charge in [-0.2, -0.15) is 0 Å². The van der Waals surface area contributed by atoms with E-state index in [0.29, 0.717) is 6.61 Å². The van der Waals surface area contributed by atoms with Crippen molar-refractivity contribution in [1.82, 2.24) is 5.32 Å². The lowest BCUT2D eigenvalue weighted by atomic mass is 10.2. The molecule has 1 saturated heterocycles. The van der Waals surface area contributed by atoms with Gasteiger partial charge < -0.3 is 20.1 Å². The van der Waals surface area contributed by atoms with Crippen LogP contribution in [0.15, 0.2) is 28.7 Å². The number of anilines is 1. The van der Waals surface area contributed by atoms with Crippen molar-refractivity contribution in [2.24, 2.45) is 0 Å². The van der Waals surface area contributed by atoms with Gasteiger partial charge in [0, 0.05) is 35.8 Å². The van der Waals surface area contributed by atoms with Crippen molar-refractivity contribution in [3.63, 3.8) is 0 Å². The maximum Gasteiger partial charge on any atom is 0.305 e. The summed E-state index contributed by atoms with van der Waals surface area (Å²) in [6.45, 7) is 3.55. The molecule has 0 aromatic heterocycles. The van der Waals surface area contributed by atoms with E-state index in [9.17, 15) is 4.79 Å². The van der Waals surface area contributed by atoms with Crippen LogP contribution in [0.1, 0.15) is 6.42 Å². The van der Waals surface area contributed by atoms with Gasteiger partial charge in [-0.05, 0) is 24.3 Å². The number of carbonyl (C=O) groups is 1. The summed E-state index contributed by atoms with van der Waals surface area (Å²) in [5.41, 5.74) is 1.20. The van der Waals surface area contributed by atoms with E-state index in [0.717, 1.165) is 24.1 Å². The molecule has 110 valence electrons. The highest BCUT2D eigenvalue weighted by atomic mass is 79.9. The second-order valence-corrected chi connectivity index (χ2v) is 5.71. The fourth-order valence-corrected chi connectivity index (χ4v) is 2.47. The Kier molecular flexibility index (Phi) is 5.82.